The highest BCUT2D eigenvalue weighted by Gasteiger charge is 2.11. The Balaban J connectivity index is 2.30. The van der Waals surface area contributed by atoms with E-state index in [2.05, 4.69) is 22.2 Å². The van der Waals surface area contributed by atoms with Crippen LogP contribution >= 0.6 is 11.3 Å². The first-order valence-electron chi connectivity index (χ1n) is 5.62. The number of aliphatic hydroxyl groups excluding tert-OH is 1. The Kier molecular flexibility index (Phi) is 3.75. The normalized spacial score (nSPS) is 12.8. The van der Waals surface area contributed by atoms with Crippen LogP contribution in [-0.2, 0) is 0 Å². The minimum atomic E-state index is 0.0115. The van der Waals surface area contributed by atoms with Crippen LogP contribution in [0.1, 0.15) is 19.8 Å². The maximum Gasteiger partial charge on any atom is 0.223 e. The number of fused-ring (bicyclic) bond motifs is 1. The van der Waals surface area contributed by atoms with Gasteiger partial charge in [0, 0.05) is 0 Å². The van der Waals surface area contributed by atoms with Gasteiger partial charge in [-0.3, -0.25) is 0 Å². The minimum Gasteiger partial charge on any atom is -0.394 e. The standard InChI is InChI=1S/C11H16N4OS/c1-2-3-7(6-16)13-9-8-4-5-17-10(8)15-11(12)14-9/h4-5,7,16H,2-3,6H2,1H3,(H3,12,13,14,15)/t7-/m1/s1. The van der Waals surface area contributed by atoms with Crippen LogP contribution in [0.3, 0.4) is 0 Å². The van der Waals surface area contributed by atoms with Crippen molar-refractivity contribution in [3.8, 4) is 0 Å². The highest BCUT2D eigenvalue weighted by Crippen LogP contribution is 2.26. The highest BCUT2D eigenvalue weighted by atomic mass is 32.1. The Bertz CT molecular complexity index is 499. The Morgan fingerprint density at radius 3 is 3.06 bits per heavy atom. The van der Waals surface area contributed by atoms with Crippen molar-refractivity contribution < 1.29 is 5.11 Å². The lowest BCUT2D eigenvalue weighted by molar-refractivity contribution is 0.268. The van der Waals surface area contributed by atoms with Crippen molar-refractivity contribution in [3.63, 3.8) is 0 Å². The molecule has 0 aromatic carbocycles. The van der Waals surface area contributed by atoms with Gasteiger partial charge in [-0.15, -0.1) is 11.3 Å². The number of nitrogen functional groups attached to an aromatic ring is 1. The Hall–Kier alpha value is -1.40. The average molecular weight is 252 g/mol. The predicted octanol–water partition coefficient (Wildman–Crippen LogP) is 1.85. The van der Waals surface area contributed by atoms with Crippen molar-refractivity contribution in [1.29, 1.82) is 0 Å². The van der Waals surface area contributed by atoms with E-state index in [4.69, 9.17) is 5.73 Å². The Morgan fingerprint density at radius 2 is 2.35 bits per heavy atom. The van der Waals surface area contributed by atoms with Gasteiger partial charge in [0.1, 0.15) is 10.6 Å². The van der Waals surface area contributed by atoms with Gasteiger partial charge < -0.3 is 16.2 Å². The Labute approximate surface area is 104 Å². The van der Waals surface area contributed by atoms with Crippen molar-refractivity contribution >= 4 is 33.3 Å². The number of anilines is 2. The van der Waals surface area contributed by atoms with Gasteiger partial charge in [-0.2, -0.15) is 4.98 Å². The van der Waals surface area contributed by atoms with Crippen LogP contribution in [0.5, 0.6) is 0 Å². The third-order valence-corrected chi connectivity index (χ3v) is 3.35. The fourth-order valence-corrected chi connectivity index (χ4v) is 2.50. The van der Waals surface area contributed by atoms with Gasteiger partial charge in [0.15, 0.2) is 0 Å². The van der Waals surface area contributed by atoms with Crippen molar-refractivity contribution in [3.05, 3.63) is 11.4 Å². The average Bonchev–Trinajstić information content (AvgIpc) is 2.76. The lowest BCUT2D eigenvalue weighted by Gasteiger charge is -2.16. The number of nitrogens with two attached hydrogens (primary N) is 1. The molecule has 2 aromatic rings. The molecule has 2 aromatic heterocycles. The number of rotatable bonds is 5. The summed E-state index contributed by atoms with van der Waals surface area (Å²) < 4.78 is 0. The van der Waals surface area contributed by atoms with E-state index in [9.17, 15) is 5.11 Å². The van der Waals surface area contributed by atoms with E-state index in [1.54, 1.807) is 0 Å². The van der Waals surface area contributed by atoms with Crippen LogP contribution in [-0.4, -0.2) is 27.7 Å². The summed E-state index contributed by atoms with van der Waals surface area (Å²) in [6.45, 7) is 2.17. The molecule has 0 radical (unpaired) electrons. The third-order valence-electron chi connectivity index (χ3n) is 2.54. The van der Waals surface area contributed by atoms with Crippen molar-refractivity contribution in [2.45, 2.75) is 25.8 Å². The number of aromatic nitrogens is 2. The van der Waals surface area contributed by atoms with E-state index in [1.807, 2.05) is 11.4 Å². The SMILES string of the molecule is CCC[C@H](CO)Nc1nc(N)nc2sccc12. The summed E-state index contributed by atoms with van der Waals surface area (Å²) in [6.07, 6.45) is 1.90. The van der Waals surface area contributed by atoms with Crippen molar-refractivity contribution in [1.82, 2.24) is 9.97 Å². The van der Waals surface area contributed by atoms with Gasteiger partial charge in [-0.1, -0.05) is 13.3 Å². The first kappa shape index (κ1) is 12.1. The largest absolute Gasteiger partial charge is 0.394 e. The summed E-state index contributed by atoms with van der Waals surface area (Å²) in [6, 6.07) is 1.97. The van der Waals surface area contributed by atoms with E-state index >= 15 is 0 Å². The molecule has 0 bridgehead atoms. The first-order valence-corrected chi connectivity index (χ1v) is 6.50. The summed E-state index contributed by atoms with van der Waals surface area (Å²) in [7, 11) is 0. The fourth-order valence-electron chi connectivity index (χ4n) is 1.73. The molecule has 4 N–H and O–H groups in total. The molecule has 0 saturated heterocycles. The van der Waals surface area contributed by atoms with Crippen LogP contribution < -0.4 is 11.1 Å². The number of aliphatic hydroxyl groups is 1. The van der Waals surface area contributed by atoms with E-state index in [-0.39, 0.29) is 18.6 Å². The minimum absolute atomic E-state index is 0.0115. The zero-order chi connectivity index (χ0) is 12.3. The number of nitrogens with zero attached hydrogens (tertiary/aromatic N) is 2. The van der Waals surface area contributed by atoms with Gasteiger partial charge in [0.2, 0.25) is 5.95 Å². The molecule has 1 atom stereocenters. The summed E-state index contributed by atoms with van der Waals surface area (Å²) >= 11 is 1.53. The number of hydrogen-bond donors (Lipinski definition) is 3. The van der Waals surface area contributed by atoms with Gasteiger partial charge in [0.05, 0.1) is 18.0 Å². The van der Waals surface area contributed by atoms with Crippen molar-refractivity contribution in [2.75, 3.05) is 17.7 Å². The molecule has 0 aliphatic rings. The molecule has 92 valence electrons. The summed E-state index contributed by atoms with van der Waals surface area (Å²) in [5.74, 6) is 0.969. The van der Waals surface area contributed by atoms with Crippen LogP contribution in [0, 0.1) is 0 Å². The van der Waals surface area contributed by atoms with Crippen molar-refractivity contribution in [2.24, 2.45) is 0 Å². The number of thiophene rings is 1. The van der Waals surface area contributed by atoms with Crippen LogP contribution in [0.15, 0.2) is 11.4 Å². The topological polar surface area (TPSA) is 84.1 Å². The van der Waals surface area contributed by atoms with E-state index in [1.165, 1.54) is 11.3 Å². The lowest BCUT2D eigenvalue weighted by Crippen LogP contribution is -2.24. The molecule has 2 rings (SSSR count). The molecule has 0 fully saturated rings. The molecular formula is C11H16N4OS. The van der Waals surface area contributed by atoms with Crippen LogP contribution in [0.2, 0.25) is 0 Å². The van der Waals surface area contributed by atoms with E-state index < -0.39 is 0 Å². The molecule has 6 heteroatoms. The maximum atomic E-state index is 9.28. The second kappa shape index (κ2) is 5.29. The van der Waals surface area contributed by atoms with Gasteiger partial charge in [-0.05, 0) is 17.9 Å². The van der Waals surface area contributed by atoms with Gasteiger partial charge in [0.25, 0.3) is 0 Å². The fraction of sp³-hybridized carbons (Fsp3) is 0.455. The smallest absolute Gasteiger partial charge is 0.223 e. The zero-order valence-electron chi connectivity index (χ0n) is 9.68. The van der Waals surface area contributed by atoms with Crippen LogP contribution in [0.4, 0.5) is 11.8 Å². The molecule has 17 heavy (non-hydrogen) atoms. The lowest BCUT2D eigenvalue weighted by atomic mass is 10.2. The molecule has 0 spiro atoms. The zero-order valence-corrected chi connectivity index (χ0v) is 10.5. The van der Waals surface area contributed by atoms with E-state index in [0.29, 0.717) is 5.82 Å². The summed E-state index contributed by atoms with van der Waals surface area (Å²) in [4.78, 5) is 9.22. The quantitative estimate of drug-likeness (QED) is 0.756. The second-order valence-corrected chi connectivity index (χ2v) is 4.78. The third kappa shape index (κ3) is 2.65. The Morgan fingerprint density at radius 1 is 1.53 bits per heavy atom. The molecule has 0 unspecified atom stereocenters. The maximum absolute atomic E-state index is 9.28. The molecule has 0 amide bonds. The number of hydrogen-bond acceptors (Lipinski definition) is 6. The molecule has 2 heterocycles. The monoisotopic (exact) mass is 252 g/mol. The second-order valence-electron chi connectivity index (χ2n) is 3.88. The number of nitrogens with one attached hydrogen (secondary N) is 1. The summed E-state index contributed by atoms with van der Waals surface area (Å²) in [5, 5.41) is 15.4. The predicted molar refractivity (Wildman–Crippen MR) is 71.2 cm³/mol. The molecule has 0 saturated carbocycles. The van der Waals surface area contributed by atoms with Gasteiger partial charge >= 0.3 is 0 Å². The molecule has 0 aliphatic heterocycles. The first-order chi connectivity index (χ1) is 8.24. The highest BCUT2D eigenvalue weighted by molar-refractivity contribution is 7.16. The van der Waals surface area contributed by atoms with Crippen LogP contribution in [0.25, 0.3) is 10.2 Å². The summed E-state index contributed by atoms with van der Waals surface area (Å²) in [5.41, 5.74) is 5.66. The van der Waals surface area contributed by atoms with Gasteiger partial charge in [-0.25, -0.2) is 4.98 Å². The molecular weight excluding hydrogens is 236 g/mol. The molecule has 0 aliphatic carbocycles. The molecule has 5 nitrogen and oxygen atoms in total. The van der Waals surface area contributed by atoms with E-state index in [0.717, 1.165) is 23.1 Å².